The Hall–Kier alpha value is -2.58. The van der Waals surface area contributed by atoms with E-state index in [1.54, 1.807) is 18.2 Å². The Bertz CT molecular complexity index is 1060. The van der Waals surface area contributed by atoms with Gasteiger partial charge in [-0.3, -0.25) is 4.79 Å². The number of piperidine rings is 1. The molecule has 1 amide bonds. The van der Waals surface area contributed by atoms with Crippen LogP contribution in [-0.4, -0.2) is 51.4 Å². The fraction of sp³-hybridized carbons (Fsp3) is 0.435. The van der Waals surface area contributed by atoms with Gasteiger partial charge in [0.05, 0.1) is 24.2 Å². The Morgan fingerprint density at radius 3 is 2.61 bits per heavy atom. The zero-order valence-corrected chi connectivity index (χ0v) is 18.8. The molecule has 0 radical (unpaired) electrons. The van der Waals surface area contributed by atoms with Crippen LogP contribution in [0.15, 0.2) is 47.4 Å². The number of anilines is 2. The number of methoxy groups -OCH3 is 1. The van der Waals surface area contributed by atoms with Gasteiger partial charge in [0.15, 0.2) is 0 Å². The van der Waals surface area contributed by atoms with Crippen LogP contribution in [-0.2, 0) is 21.2 Å². The van der Waals surface area contributed by atoms with Gasteiger partial charge in [0, 0.05) is 24.8 Å². The summed E-state index contributed by atoms with van der Waals surface area (Å²) in [5, 5.41) is 3.11. The van der Waals surface area contributed by atoms with Crippen molar-refractivity contribution in [2.75, 3.05) is 37.0 Å². The summed E-state index contributed by atoms with van der Waals surface area (Å²) in [4.78, 5) is 15.0. The van der Waals surface area contributed by atoms with Crippen molar-refractivity contribution in [3.8, 4) is 5.75 Å². The lowest BCUT2D eigenvalue weighted by atomic mass is 10.1. The first-order valence-electron chi connectivity index (χ1n) is 10.7. The summed E-state index contributed by atoms with van der Waals surface area (Å²) in [5.41, 5.74) is 2.60. The molecule has 2 aromatic rings. The zero-order chi connectivity index (χ0) is 22.0. The number of hydrogen-bond donors (Lipinski definition) is 1. The van der Waals surface area contributed by atoms with Crippen molar-refractivity contribution in [2.24, 2.45) is 0 Å². The smallest absolute Gasteiger partial charge is 0.246 e. The number of carbonyl (C=O) groups is 1. The number of benzene rings is 2. The molecule has 0 bridgehead atoms. The summed E-state index contributed by atoms with van der Waals surface area (Å²) >= 11 is 0. The predicted molar refractivity (Wildman–Crippen MR) is 121 cm³/mol. The zero-order valence-electron chi connectivity index (χ0n) is 18.0. The molecule has 1 fully saturated rings. The second kappa shape index (κ2) is 8.88. The maximum Gasteiger partial charge on any atom is 0.246 e. The molecule has 0 aliphatic carbocycles. The lowest BCUT2D eigenvalue weighted by Crippen LogP contribution is -2.39. The van der Waals surface area contributed by atoms with Crippen LogP contribution in [0.1, 0.15) is 31.7 Å². The number of fused-ring (bicyclic) bond motifs is 1. The van der Waals surface area contributed by atoms with Gasteiger partial charge in [-0.15, -0.1) is 0 Å². The van der Waals surface area contributed by atoms with Crippen LogP contribution in [0.25, 0.3) is 0 Å². The van der Waals surface area contributed by atoms with Crippen molar-refractivity contribution < 1.29 is 17.9 Å². The molecule has 2 aliphatic rings. The molecule has 8 heteroatoms. The van der Waals surface area contributed by atoms with Crippen molar-refractivity contribution in [1.82, 2.24) is 4.31 Å². The maximum atomic E-state index is 13.0. The summed E-state index contributed by atoms with van der Waals surface area (Å²) in [6.45, 7) is 3.16. The Labute approximate surface area is 184 Å². The van der Waals surface area contributed by atoms with Crippen LogP contribution in [0.4, 0.5) is 11.4 Å². The van der Waals surface area contributed by atoms with Crippen molar-refractivity contribution in [1.29, 1.82) is 0 Å². The molecular weight excluding hydrogens is 414 g/mol. The Morgan fingerprint density at radius 2 is 1.87 bits per heavy atom. The minimum Gasteiger partial charge on any atom is -0.495 e. The number of amides is 1. The number of nitrogens with one attached hydrogen (secondary N) is 1. The van der Waals surface area contributed by atoms with Crippen LogP contribution in [0, 0.1) is 0 Å². The molecule has 1 N–H and O–H groups in total. The number of para-hydroxylation sites is 1. The topological polar surface area (TPSA) is 79.0 Å². The number of carbonyl (C=O) groups excluding carboxylic acids is 1. The molecule has 4 rings (SSSR count). The molecule has 7 nitrogen and oxygen atoms in total. The van der Waals surface area contributed by atoms with Gasteiger partial charge in [0.1, 0.15) is 5.75 Å². The fourth-order valence-electron chi connectivity index (χ4n) is 4.44. The summed E-state index contributed by atoms with van der Waals surface area (Å²) in [7, 11) is -2.04. The first-order chi connectivity index (χ1) is 14.9. The van der Waals surface area contributed by atoms with Gasteiger partial charge in [-0.2, -0.15) is 4.31 Å². The van der Waals surface area contributed by atoms with Gasteiger partial charge in [-0.05, 0) is 56.0 Å². The van der Waals surface area contributed by atoms with Crippen molar-refractivity contribution in [3.05, 3.63) is 48.0 Å². The van der Waals surface area contributed by atoms with Crippen molar-refractivity contribution in [2.45, 2.75) is 43.5 Å². The van der Waals surface area contributed by atoms with E-state index in [0.717, 1.165) is 36.9 Å². The highest BCUT2D eigenvalue weighted by Gasteiger charge is 2.31. The van der Waals surface area contributed by atoms with Gasteiger partial charge in [0.2, 0.25) is 15.9 Å². The molecule has 0 spiro atoms. The van der Waals surface area contributed by atoms with Crippen LogP contribution in [0.2, 0.25) is 0 Å². The lowest BCUT2D eigenvalue weighted by Gasteiger charge is -2.26. The van der Waals surface area contributed by atoms with Gasteiger partial charge in [-0.1, -0.05) is 24.6 Å². The number of rotatable bonds is 6. The van der Waals surface area contributed by atoms with Crippen LogP contribution < -0.4 is 15.0 Å². The average Bonchev–Trinajstić information content (AvgIpc) is 3.13. The molecule has 166 valence electrons. The van der Waals surface area contributed by atoms with Crippen LogP contribution in [0.5, 0.6) is 5.75 Å². The van der Waals surface area contributed by atoms with E-state index in [-0.39, 0.29) is 23.4 Å². The number of sulfonamides is 1. The first-order valence-corrected chi connectivity index (χ1v) is 12.2. The van der Waals surface area contributed by atoms with Crippen molar-refractivity contribution in [3.63, 3.8) is 0 Å². The summed E-state index contributed by atoms with van der Waals surface area (Å²) in [6, 6.07) is 12.8. The Morgan fingerprint density at radius 1 is 1.13 bits per heavy atom. The maximum absolute atomic E-state index is 13.0. The third-order valence-corrected chi connectivity index (χ3v) is 7.92. The monoisotopic (exact) mass is 443 g/mol. The summed E-state index contributed by atoms with van der Waals surface area (Å²) < 4.78 is 33.0. The van der Waals surface area contributed by atoms with Crippen LogP contribution >= 0.6 is 0 Å². The van der Waals surface area contributed by atoms with E-state index in [0.29, 0.717) is 24.5 Å². The second-order valence-electron chi connectivity index (χ2n) is 8.13. The minimum absolute atomic E-state index is 0.0439. The fourth-order valence-corrected chi connectivity index (χ4v) is 5.99. The van der Waals surface area contributed by atoms with Gasteiger partial charge in [-0.25, -0.2) is 8.42 Å². The van der Waals surface area contributed by atoms with Gasteiger partial charge in [0.25, 0.3) is 0 Å². The van der Waals surface area contributed by atoms with Crippen molar-refractivity contribution >= 4 is 27.3 Å². The summed E-state index contributed by atoms with van der Waals surface area (Å²) in [6.07, 6.45) is 3.64. The Balaban J connectivity index is 1.53. The summed E-state index contributed by atoms with van der Waals surface area (Å²) in [5.74, 6) is 0.434. The highest BCUT2D eigenvalue weighted by molar-refractivity contribution is 7.89. The molecule has 0 unspecified atom stereocenters. The van der Waals surface area contributed by atoms with Gasteiger partial charge >= 0.3 is 0 Å². The molecular formula is C23H29N3O4S. The highest BCUT2D eigenvalue weighted by atomic mass is 32.2. The molecule has 2 aliphatic heterocycles. The SMILES string of the molecule is COc1ccc(S(=O)(=O)N2CCCCC2)cc1NCC(=O)N1c2ccccc2C[C@@H]1C. The van der Waals surface area contributed by atoms with E-state index in [1.807, 2.05) is 36.1 Å². The molecule has 0 aromatic heterocycles. The first kappa shape index (κ1) is 21.6. The molecule has 1 saturated heterocycles. The quantitative estimate of drug-likeness (QED) is 0.741. The second-order valence-corrected chi connectivity index (χ2v) is 10.1. The van der Waals surface area contributed by atoms with E-state index in [4.69, 9.17) is 4.74 Å². The van der Waals surface area contributed by atoms with E-state index in [2.05, 4.69) is 5.32 Å². The molecule has 2 heterocycles. The van der Waals surface area contributed by atoms with E-state index in [9.17, 15) is 13.2 Å². The van der Waals surface area contributed by atoms with Crippen LogP contribution in [0.3, 0.4) is 0 Å². The average molecular weight is 444 g/mol. The standard InChI is InChI=1S/C23H29N3O4S/c1-17-14-18-8-4-5-9-21(18)26(17)23(27)16-24-20-15-19(10-11-22(20)30-2)31(28,29)25-12-6-3-7-13-25/h4-5,8-11,15,17,24H,3,6-7,12-14,16H2,1-2H3/t17-/m0/s1. The molecule has 31 heavy (non-hydrogen) atoms. The third-order valence-electron chi connectivity index (χ3n) is 6.03. The molecule has 1 atom stereocenters. The number of ether oxygens (including phenoxy) is 1. The third kappa shape index (κ3) is 4.27. The van der Waals surface area contributed by atoms with E-state index >= 15 is 0 Å². The number of nitrogens with zero attached hydrogens (tertiary/aromatic N) is 2. The predicted octanol–water partition coefficient (Wildman–Crippen LogP) is 3.26. The largest absolute Gasteiger partial charge is 0.495 e. The van der Waals surface area contributed by atoms with Gasteiger partial charge < -0.3 is 15.0 Å². The van der Waals surface area contributed by atoms with E-state index in [1.165, 1.54) is 11.4 Å². The Kier molecular flexibility index (Phi) is 6.20. The normalized spacial score (nSPS) is 19.2. The lowest BCUT2D eigenvalue weighted by molar-refractivity contribution is -0.117. The highest BCUT2D eigenvalue weighted by Crippen LogP contribution is 2.33. The number of hydrogen-bond acceptors (Lipinski definition) is 5. The van der Waals surface area contributed by atoms with E-state index < -0.39 is 10.0 Å². The molecule has 0 saturated carbocycles. The minimum atomic E-state index is -3.57. The molecule has 2 aromatic carbocycles.